The van der Waals surface area contributed by atoms with Crippen molar-refractivity contribution in [3.63, 3.8) is 0 Å². The molecule has 0 bridgehead atoms. The number of hydrogen-bond acceptors (Lipinski definition) is 9. The van der Waals surface area contributed by atoms with Gasteiger partial charge in [-0.3, -0.25) is 9.59 Å². The number of imidazole rings is 1. The topological polar surface area (TPSA) is 160 Å². The third-order valence-electron chi connectivity index (χ3n) is 5.58. The van der Waals surface area contributed by atoms with Crippen LogP contribution in [0.1, 0.15) is 20.3 Å². The van der Waals surface area contributed by atoms with E-state index in [4.69, 9.17) is 14.8 Å². The monoisotopic (exact) mass is 591 g/mol. The number of para-hydroxylation sites is 2. The maximum Gasteiger partial charge on any atom is 0.305 e. The summed E-state index contributed by atoms with van der Waals surface area (Å²) in [6, 6.07) is 10.2. The molecule has 14 heteroatoms. The third-order valence-corrected chi connectivity index (χ3v) is 8.06. The number of fused-ring (bicyclic) bond motifs is 1. The van der Waals surface area contributed by atoms with Crippen LogP contribution in [0.15, 0.2) is 52.5 Å². The molecule has 0 saturated carbocycles. The van der Waals surface area contributed by atoms with Gasteiger partial charge in [0, 0.05) is 31.0 Å². The number of hydrogen-bond donors (Lipinski definition) is 3. The highest BCUT2D eigenvalue weighted by molar-refractivity contribution is 7.99. The Morgan fingerprint density at radius 1 is 1.23 bits per heavy atom. The summed E-state index contributed by atoms with van der Waals surface area (Å²) < 4.78 is 36.6. The first-order valence-corrected chi connectivity index (χ1v) is 14.9. The molecule has 40 heavy (non-hydrogen) atoms. The molecule has 216 valence electrons. The first-order chi connectivity index (χ1) is 18.9. The van der Waals surface area contributed by atoms with Gasteiger partial charge >= 0.3 is 5.97 Å². The van der Waals surface area contributed by atoms with Crippen molar-refractivity contribution in [3.8, 4) is 5.75 Å². The first kappa shape index (κ1) is 31.1. The summed E-state index contributed by atoms with van der Waals surface area (Å²) in [6.07, 6.45) is -1.06. The number of carboxylic acids is 1. The second kappa shape index (κ2) is 13.7. The summed E-state index contributed by atoms with van der Waals surface area (Å²) in [5.41, 5.74) is 2.02. The van der Waals surface area contributed by atoms with E-state index in [2.05, 4.69) is 14.9 Å². The van der Waals surface area contributed by atoms with Crippen molar-refractivity contribution in [2.24, 2.45) is 0 Å². The fraction of sp³-hybridized carbons (Fsp3) is 0.385. The minimum Gasteiger partial charge on any atom is -0.487 e. The van der Waals surface area contributed by atoms with Crippen LogP contribution in [0.4, 0.5) is 5.69 Å². The van der Waals surface area contributed by atoms with Gasteiger partial charge in [0.2, 0.25) is 15.9 Å². The van der Waals surface area contributed by atoms with Gasteiger partial charge < -0.3 is 29.4 Å². The Balaban J connectivity index is 1.93. The van der Waals surface area contributed by atoms with Gasteiger partial charge in [-0.15, -0.1) is 0 Å². The molecule has 12 nitrogen and oxygen atoms in total. The Kier molecular flexibility index (Phi) is 10.7. The molecule has 0 radical (unpaired) electrons. The molecule has 0 spiro atoms. The zero-order valence-electron chi connectivity index (χ0n) is 22.7. The Labute approximate surface area is 237 Å². The lowest BCUT2D eigenvalue weighted by atomic mass is 10.2. The Morgan fingerprint density at radius 2 is 1.95 bits per heavy atom. The van der Waals surface area contributed by atoms with Gasteiger partial charge in [-0.25, -0.2) is 18.1 Å². The number of amides is 1. The van der Waals surface area contributed by atoms with E-state index in [1.54, 1.807) is 18.7 Å². The van der Waals surface area contributed by atoms with Crippen LogP contribution in [0.3, 0.4) is 0 Å². The quantitative estimate of drug-likeness (QED) is 0.177. The molecule has 1 aromatic heterocycles. The van der Waals surface area contributed by atoms with Gasteiger partial charge in [-0.05, 0) is 45.3 Å². The Hall–Kier alpha value is -3.46. The largest absolute Gasteiger partial charge is 0.487 e. The van der Waals surface area contributed by atoms with E-state index >= 15 is 0 Å². The van der Waals surface area contributed by atoms with E-state index in [-0.39, 0.29) is 22.8 Å². The second-order valence-corrected chi connectivity index (χ2v) is 12.1. The smallest absolute Gasteiger partial charge is 0.305 e. The molecule has 1 heterocycles. The molecule has 0 aliphatic heterocycles. The minimum absolute atomic E-state index is 0.0718. The van der Waals surface area contributed by atoms with Crippen molar-refractivity contribution in [2.45, 2.75) is 49.0 Å². The summed E-state index contributed by atoms with van der Waals surface area (Å²) in [4.78, 5) is 40.5. The van der Waals surface area contributed by atoms with Gasteiger partial charge in [0.15, 0.2) is 5.16 Å². The molecule has 0 aliphatic carbocycles. The van der Waals surface area contributed by atoms with Gasteiger partial charge in [0.1, 0.15) is 23.0 Å². The van der Waals surface area contributed by atoms with Crippen LogP contribution in [0, 0.1) is 0 Å². The number of benzene rings is 2. The lowest BCUT2D eigenvalue weighted by molar-refractivity contribution is -0.138. The van der Waals surface area contributed by atoms with Gasteiger partial charge in [0.05, 0.1) is 30.0 Å². The molecular formula is C26H33N5O7S2. The Morgan fingerprint density at radius 3 is 2.60 bits per heavy atom. The van der Waals surface area contributed by atoms with E-state index in [0.29, 0.717) is 12.2 Å². The number of rotatable bonds is 15. The summed E-state index contributed by atoms with van der Waals surface area (Å²) in [5.74, 6) is -0.957. The fourth-order valence-electron chi connectivity index (χ4n) is 3.84. The molecule has 2 aromatic carbocycles. The highest BCUT2D eigenvalue weighted by atomic mass is 32.2. The molecule has 3 rings (SSSR count). The number of carbonyl (C=O) groups is 3. The lowest BCUT2D eigenvalue weighted by Crippen LogP contribution is -2.37. The number of aromatic nitrogens is 2. The van der Waals surface area contributed by atoms with E-state index in [9.17, 15) is 22.8 Å². The molecule has 0 aliphatic rings. The minimum atomic E-state index is -4.37. The molecule has 0 fully saturated rings. The van der Waals surface area contributed by atoms with Crippen LogP contribution in [-0.4, -0.2) is 84.7 Å². The van der Waals surface area contributed by atoms with Crippen LogP contribution in [0.2, 0.25) is 0 Å². The summed E-state index contributed by atoms with van der Waals surface area (Å²) >= 11 is 1.60. The van der Waals surface area contributed by atoms with Crippen molar-refractivity contribution < 1.29 is 32.6 Å². The molecule has 0 saturated heterocycles. The number of nitrogens with zero attached hydrogens (tertiary/aromatic N) is 3. The Bertz CT molecular complexity index is 1470. The van der Waals surface area contributed by atoms with E-state index in [0.717, 1.165) is 28.5 Å². The number of nitrogens with one attached hydrogen (secondary N) is 2. The number of carboxylic acid groups (broad SMARTS) is 1. The average Bonchev–Trinajstić information content (AvgIpc) is 3.19. The van der Waals surface area contributed by atoms with Crippen molar-refractivity contribution in [1.29, 1.82) is 0 Å². The highest BCUT2D eigenvalue weighted by Crippen LogP contribution is 2.30. The normalized spacial score (nSPS) is 13.2. The molecule has 1 unspecified atom stereocenters. The third kappa shape index (κ3) is 8.52. The van der Waals surface area contributed by atoms with Crippen LogP contribution >= 0.6 is 11.8 Å². The van der Waals surface area contributed by atoms with E-state index in [1.807, 2.05) is 42.9 Å². The number of thioether (sulfide) groups is 1. The number of sulfonamides is 1. The number of anilines is 1. The second-order valence-electron chi connectivity index (χ2n) is 9.38. The number of aldehydes is 1. The van der Waals surface area contributed by atoms with Crippen molar-refractivity contribution in [1.82, 2.24) is 19.2 Å². The fourth-order valence-corrected chi connectivity index (χ4v) is 6.26. The summed E-state index contributed by atoms with van der Waals surface area (Å²) in [6.45, 7) is 4.28. The zero-order chi connectivity index (χ0) is 29.4. The zero-order valence-corrected chi connectivity index (χ0v) is 24.3. The summed E-state index contributed by atoms with van der Waals surface area (Å²) in [7, 11) is -0.386. The molecule has 3 N–H and O–H groups in total. The molecule has 2 atom stereocenters. The van der Waals surface area contributed by atoms with Gasteiger partial charge in [-0.1, -0.05) is 23.9 Å². The average molecular weight is 592 g/mol. The van der Waals surface area contributed by atoms with Crippen LogP contribution < -0.4 is 14.8 Å². The lowest BCUT2D eigenvalue weighted by Gasteiger charge is -2.21. The number of ether oxygens (including phenoxy) is 1. The number of carbonyl (C=O) groups excluding carboxylic acids is 2. The predicted octanol–water partition coefficient (Wildman–Crippen LogP) is 2.44. The van der Waals surface area contributed by atoms with Crippen LogP contribution in [-0.2, 0) is 31.0 Å². The molecule has 1 amide bonds. The summed E-state index contributed by atoms with van der Waals surface area (Å²) in [5, 5.41) is 12.4. The van der Waals surface area contributed by atoms with Crippen molar-refractivity contribution >= 4 is 56.7 Å². The van der Waals surface area contributed by atoms with Crippen LogP contribution in [0.5, 0.6) is 5.75 Å². The highest BCUT2D eigenvalue weighted by Gasteiger charge is 2.26. The van der Waals surface area contributed by atoms with E-state index in [1.165, 1.54) is 25.1 Å². The first-order valence-electron chi connectivity index (χ1n) is 12.4. The van der Waals surface area contributed by atoms with Crippen molar-refractivity contribution in [3.05, 3.63) is 42.5 Å². The van der Waals surface area contributed by atoms with E-state index < -0.39 is 34.6 Å². The van der Waals surface area contributed by atoms with Gasteiger partial charge in [-0.2, -0.15) is 0 Å². The van der Waals surface area contributed by atoms with Gasteiger partial charge in [0.25, 0.3) is 0 Å². The van der Waals surface area contributed by atoms with Crippen molar-refractivity contribution in [2.75, 3.05) is 31.7 Å². The number of aliphatic carboxylic acids is 1. The SMILES string of the molecule is CC(=O)Nc1ccc(S(=O)(=O)NC(C=O)CC(=O)O)c(O[C@H](C)Cn2c(SCCN(C)C)nc3ccccc32)c1. The molecule has 3 aromatic rings. The van der Waals surface area contributed by atoms with Crippen LogP contribution in [0.25, 0.3) is 11.0 Å². The maximum atomic E-state index is 13.2. The predicted molar refractivity (Wildman–Crippen MR) is 152 cm³/mol. The standard InChI is InChI=1S/C26H33N5O7S2/c1-17(15-31-22-8-6-5-7-21(22)28-26(31)39-12-11-30(3)4)38-23-13-19(27-18(2)33)9-10-24(23)40(36,37)29-20(16-32)14-25(34)35/h5-10,13,16-17,20,29H,11-12,14-15H2,1-4H3,(H,27,33)(H,34,35)/t17-,20?/m1/s1. The maximum absolute atomic E-state index is 13.2. The molecular weight excluding hydrogens is 558 g/mol.